The third-order valence-corrected chi connectivity index (χ3v) is 7.77. The molecule has 8 nitrogen and oxygen atoms in total. The average molecular weight is 673 g/mol. The molecule has 2 heterocycles. The summed E-state index contributed by atoms with van der Waals surface area (Å²) in [6, 6.07) is 10.2. The van der Waals surface area contributed by atoms with Crippen LogP contribution in [0.2, 0.25) is 0 Å². The van der Waals surface area contributed by atoms with E-state index in [-0.39, 0.29) is 24.9 Å². The van der Waals surface area contributed by atoms with Crippen molar-refractivity contribution in [1.29, 1.82) is 0 Å². The SMILES string of the molecule is C#CCOc1ccc(/C=c2\sc3n(c2=O)[C@@H](c2ccc(OC(C)C)c(OC)c2)C(C(=O)OCC)=C(C)N=3)cc1I. The van der Waals surface area contributed by atoms with Crippen LogP contribution in [0.3, 0.4) is 0 Å². The van der Waals surface area contributed by atoms with E-state index in [2.05, 4.69) is 33.5 Å². The summed E-state index contributed by atoms with van der Waals surface area (Å²) in [5.41, 5.74) is 2.00. The molecule has 0 N–H and O–H groups in total. The molecule has 0 radical (unpaired) electrons. The number of thiazole rings is 1. The summed E-state index contributed by atoms with van der Waals surface area (Å²) in [4.78, 5) is 32.2. The van der Waals surface area contributed by atoms with Gasteiger partial charge in [0.1, 0.15) is 12.4 Å². The number of methoxy groups -OCH3 is 1. The molecule has 3 aromatic rings. The number of aromatic nitrogens is 1. The van der Waals surface area contributed by atoms with E-state index in [0.717, 1.165) is 9.13 Å². The predicted octanol–water partition coefficient (Wildman–Crippen LogP) is 4.21. The molecule has 0 fully saturated rings. The third kappa shape index (κ3) is 6.10. The van der Waals surface area contributed by atoms with Crippen molar-refractivity contribution in [2.24, 2.45) is 4.99 Å². The summed E-state index contributed by atoms with van der Waals surface area (Å²) in [6.45, 7) is 7.71. The molecule has 0 saturated carbocycles. The fourth-order valence-electron chi connectivity index (χ4n) is 4.31. The lowest BCUT2D eigenvalue weighted by Gasteiger charge is -2.25. The summed E-state index contributed by atoms with van der Waals surface area (Å²) in [7, 11) is 1.55. The van der Waals surface area contributed by atoms with Crippen LogP contribution < -0.4 is 29.1 Å². The molecule has 0 bridgehead atoms. The van der Waals surface area contributed by atoms with E-state index >= 15 is 0 Å². The van der Waals surface area contributed by atoms with Crippen molar-refractivity contribution in [2.75, 3.05) is 20.3 Å². The Kier molecular flexibility index (Phi) is 9.37. The Labute approximate surface area is 250 Å². The second-order valence-electron chi connectivity index (χ2n) is 9.06. The number of rotatable bonds is 9. The van der Waals surface area contributed by atoms with Crippen molar-refractivity contribution < 1.29 is 23.7 Å². The fraction of sp³-hybridized carbons (Fsp3) is 0.300. The molecule has 1 atom stereocenters. The minimum atomic E-state index is -0.765. The van der Waals surface area contributed by atoms with Crippen molar-refractivity contribution in [3.63, 3.8) is 0 Å². The molecule has 4 rings (SSSR count). The highest BCUT2D eigenvalue weighted by Crippen LogP contribution is 2.36. The Hall–Kier alpha value is -3.56. The average Bonchev–Trinajstić information content (AvgIpc) is 3.21. The van der Waals surface area contributed by atoms with Crippen LogP contribution in [0.1, 0.15) is 44.9 Å². The molecule has 40 heavy (non-hydrogen) atoms. The van der Waals surface area contributed by atoms with Crippen LogP contribution in [0.5, 0.6) is 17.2 Å². The first kappa shape index (κ1) is 29.4. The minimum absolute atomic E-state index is 0.0596. The predicted molar refractivity (Wildman–Crippen MR) is 163 cm³/mol. The van der Waals surface area contributed by atoms with Crippen molar-refractivity contribution >= 4 is 46.0 Å². The van der Waals surface area contributed by atoms with E-state index in [0.29, 0.717) is 43.4 Å². The van der Waals surface area contributed by atoms with E-state index in [9.17, 15) is 9.59 Å². The molecular weight excluding hydrogens is 643 g/mol. The molecular formula is C30H29IN2O6S. The van der Waals surface area contributed by atoms with Crippen molar-refractivity contribution in [2.45, 2.75) is 39.8 Å². The highest BCUT2D eigenvalue weighted by Gasteiger charge is 2.34. The van der Waals surface area contributed by atoms with Gasteiger partial charge in [-0.25, -0.2) is 9.79 Å². The number of carbonyl (C=O) groups is 1. The lowest BCUT2D eigenvalue weighted by molar-refractivity contribution is -0.139. The first-order valence-electron chi connectivity index (χ1n) is 12.6. The van der Waals surface area contributed by atoms with Gasteiger partial charge in [-0.15, -0.1) is 6.42 Å². The number of ether oxygens (including phenoxy) is 4. The maximum Gasteiger partial charge on any atom is 0.338 e. The van der Waals surface area contributed by atoms with Crippen LogP contribution >= 0.6 is 33.9 Å². The highest BCUT2D eigenvalue weighted by molar-refractivity contribution is 14.1. The van der Waals surface area contributed by atoms with E-state index in [1.165, 1.54) is 11.3 Å². The number of hydrogen-bond acceptors (Lipinski definition) is 8. The Morgan fingerprint density at radius 1 is 1.23 bits per heavy atom. The summed E-state index contributed by atoms with van der Waals surface area (Å²) >= 11 is 3.43. The fourth-order valence-corrected chi connectivity index (χ4v) is 6.05. The number of esters is 1. The van der Waals surface area contributed by atoms with Gasteiger partial charge >= 0.3 is 5.97 Å². The number of halogens is 1. The monoisotopic (exact) mass is 672 g/mol. The van der Waals surface area contributed by atoms with Gasteiger partial charge in [-0.05, 0) is 91.8 Å². The lowest BCUT2D eigenvalue weighted by Crippen LogP contribution is -2.40. The molecule has 2 aromatic carbocycles. The number of allylic oxidation sites excluding steroid dienone is 1. The van der Waals surface area contributed by atoms with Crippen LogP contribution in [-0.4, -0.2) is 37.0 Å². The van der Waals surface area contributed by atoms with Gasteiger partial charge in [0.2, 0.25) is 0 Å². The minimum Gasteiger partial charge on any atom is -0.493 e. The van der Waals surface area contributed by atoms with Crippen LogP contribution in [0.15, 0.2) is 57.5 Å². The van der Waals surface area contributed by atoms with Crippen molar-refractivity contribution in [1.82, 2.24) is 4.57 Å². The first-order valence-corrected chi connectivity index (χ1v) is 14.5. The van der Waals surface area contributed by atoms with Crippen LogP contribution in [0.25, 0.3) is 6.08 Å². The Morgan fingerprint density at radius 3 is 2.62 bits per heavy atom. The second-order valence-corrected chi connectivity index (χ2v) is 11.2. The van der Waals surface area contributed by atoms with Gasteiger partial charge in [-0.1, -0.05) is 29.4 Å². The number of fused-ring (bicyclic) bond motifs is 1. The van der Waals surface area contributed by atoms with Crippen LogP contribution in [0, 0.1) is 15.9 Å². The lowest BCUT2D eigenvalue weighted by atomic mass is 9.95. The Bertz CT molecular complexity index is 1700. The van der Waals surface area contributed by atoms with Gasteiger partial charge in [0.05, 0.1) is 45.2 Å². The first-order chi connectivity index (χ1) is 19.2. The molecule has 1 aliphatic rings. The molecule has 1 aliphatic heterocycles. The van der Waals surface area contributed by atoms with Gasteiger partial charge in [-0.3, -0.25) is 9.36 Å². The summed E-state index contributed by atoms with van der Waals surface area (Å²) < 4.78 is 25.3. The second kappa shape index (κ2) is 12.7. The Morgan fingerprint density at radius 2 is 1.98 bits per heavy atom. The van der Waals surface area contributed by atoms with Gasteiger partial charge in [0.25, 0.3) is 5.56 Å². The van der Waals surface area contributed by atoms with E-state index in [1.807, 2.05) is 38.1 Å². The zero-order valence-electron chi connectivity index (χ0n) is 22.8. The topological polar surface area (TPSA) is 88.3 Å². The third-order valence-electron chi connectivity index (χ3n) is 5.95. The number of nitrogens with zero attached hydrogens (tertiary/aromatic N) is 2. The smallest absolute Gasteiger partial charge is 0.338 e. The number of carbonyl (C=O) groups excluding carboxylic acids is 1. The molecule has 10 heteroatoms. The summed E-state index contributed by atoms with van der Waals surface area (Å²) in [5.74, 6) is 3.66. The number of benzene rings is 2. The quantitative estimate of drug-likeness (QED) is 0.193. The maximum absolute atomic E-state index is 13.9. The standard InChI is InChI=1S/C30H29IN2O6S/c1-7-13-38-22-11-9-19(14-21(22)31)15-25-28(34)33-27(20-10-12-23(39-17(3)4)24(16-20)36-6)26(29(35)37-8-2)18(5)32-30(33)40-25/h1,9-12,14-17,27H,8,13H2,2-6H3/b25-15-/t27-/m0/s1. The van der Waals surface area contributed by atoms with E-state index in [4.69, 9.17) is 25.4 Å². The zero-order valence-corrected chi connectivity index (χ0v) is 25.8. The molecule has 0 amide bonds. The molecule has 0 unspecified atom stereocenters. The normalized spacial score (nSPS) is 14.8. The van der Waals surface area contributed by atoms with Crippen LogP contribution in [-0.2, 0) is 9.53 Å². The Balaban J connectivity index is 1.89. The summed E-state index contributed by atoms with van der Waals surface area (Å²) in [5, 5.41) is 0. The molecule has 208 valence electrons. The zero-order chi connectivity index (χ0) is 29.0. The molecule has 0 saturated heterocycles. The molecule has 1 aromatic heterocycles. The molecule has 0 aliphatic carbocycles. The molecule has 0 spiro atoms. The van der Waals surface area contributed by atoms with E-state index in [1.54, 1.807) is 43.7 Å². The van der Waals surface area contributed by atoms with Gasteiger partial charge < -0.3 is 18.9 Å². The largest absolute Gasteiger partial charge is 0.493 e. The van der Waals surface area contributed by atoms with Crippen molar-refractivity contribution in [3.05, 3.63) is 82.1 Å². The highest BCUT2D eigenvalue weighted by atomic mass is 127. The number of terminal acetylenes is 1. The van der Waals surface area contributed by atoms with E-state index < -0.39 is 12.0 Å². The van der Waals surface area contributed by atoms with Crippen LogP contribution in [0.4, 0.5) is 0 Å². The maximum atomic E-state index is 13.9. The summed E-state index contributed by atoms with van der Waals surface area (Å²) in [6.07, 6.45) is 7.04. The number of hydrogen-bond donors (Lipinski definition) is 0. The van der Waals surface area contributed by atoms with Gasteiger partial charge in [-0.2, -0.15) is 0 Å². The van der Waals surface area contributed by atoms with Crippen molar-refractivity contribution in [3.8, 4) is 29.6 Å². The van der Waals surface area contributed by atoms with Gasteiger partial charge in [0, 0.05) is 0 Å². The van der Waals surface area contributed by atoms with Gasteiger partial charge in [0.15, 0.2) is 16.3 Å².